The Kier molecular flexibility index (Phi) is 5.08. The van der Waals surface area contributed by atoms with E-state index in [9.17, 15) is 4.79 Å². The molecule has 0 atom stereocenters. The van der Waals surface area contributed by atoms with E-state index in [-0.39, 0.29) is 11.7 Å². The fraction of sp³-hybridized carbons (Fsp3) is 0.0556. The van der Waals surface area contributed by atoms with Crippen LogP contribution in [0.2, 0.25) is 10.0 Å². The van der Waals surface area contributed by atoms with Crippen molar-refractivity contribution in [1.29, 1.82) is 0 Å². The predicted octanol–water partition coefficient (Wildman–Crippen LogP) is 6.16. The molecule has 1 amide bonds. The van der Waals surface area contributed by atoms with Gasteiger partial charge in [-0.25, -0.2) is 0 Å². The zero-order valence-electron chi connectivity index (χ0n) is 13.1. The third-order valence-corrected chi connectivity index (χ3v) is 4.75. The first-order valence-corrected chi connectivity index (χ1v) is 8.82. The molecule has 0 aliphatic carbocycles. The second-order valence-corrected chi connectivity index (χ2v) is 7.13. The molecule has 7 heteroatoms. The summed E-state index contributed by atoms with van der Waals surface area (Å²) >= 11 is 15.5. The molecule has 128 valence electrons. The Hall–Kier alpha value is -1.95. The minimum absolute atomic E-state index is 0.171. The van der Waals surface area contributed by atoms with E-state index in [1.807, 2.05) is 6.92 Å². The van der Waals surface area contributed by atoms with E-state index < -0.39 is 0 Å². The molecule has 0 saturated heterocycles. The zero-order valence-corrected chi connectivity index (χ0v) is 16.2. The lowest BCUT2D eigenvalue weighted by molar-refractivity contribution is 0.0997. The number of hydrogen-bond acceptors (Lipinski definition) is 3. The van der Waals surface area contributed by atoms with Crippen molar-refractivity contribution in [3.05, 3.63) is 68.3 Å². The van der Waals surface area contributed by atoms with Crippen molar-refractivity contribution in [3.63, 3.8) is 0 Å². The molecule has 1 heterocycles. The number of carbonyl (C=O) groups is 1. The van der Waals surface area contributed by atoms with Crippen LogP contribution < -0.4 is 11.1 Å². The summed E-state index contributed by atoms with van der Waals surface area (Å²) in [6, 6.07) is 11.9. The lowest BCUT2D eigenvalue weighted by atomic mass is 10.1. The first-order chi connectivity index (χ1) is 11.8. The summed E-state index contributed by atoms with van der Waals surface area (Å²) < 4.78 is 6.35. The van der Waals surface area contributed by atoms with Crippen molar-refractivity contribution in [2.45, 2.75) is 6.92 Å². The lowest BCUT2D eigenvalue weighted by Crippen LogP contribution is -2.12. The quantitative estimate of drug-likeness (QED) is 0.480. The standard InChI is InChI=1S/C18H13BrCl2N2O2/c1-9-6-11(22)8-13(19)17(9)23-18(24)16-5-4-15(25-16)12-3-2-10(20)7-14(12)21/h2-8H,22H2,1H3,(H,23,24). The van der Waals surface area contributed by atoms with Crippen LogP contribution in [-0.2, 0) is 0 Å². The van der Waals surface area contributed by atoms with Crippen LogP contribution in [-0.4, -0.2) is 5.91 Å². The second-order valence-electron chi connectivity index (χ2n) is 5.44. The molecular formula is C18H13BrCl2N2O2. The van der Waals surface area contributed by atoms with E-state index in [1.165, 1.54) is 0 Å². The molecule has 0 spiro atoms. The highest BCUT2D eigenvalue weighted by atomic mass is 79.9. The molecule has 0 aliphatic rings. The number of nitrogen functional groups attached to an aromatic ring is 1. The number of rotatable bonds is 3. The number of carbonyl (C=O) groups excluding carboxylic acids is 1. The third kappa shape index (κ3) is 3.84. The molecular weight excluding hydrogens is 427 g/mol. The molecule has 0 fully saturated rings. The number of amides is 1. The van der Waals surface area contributed by atoms with Crippen molar-refractivity contribution in [3.8, 4) is 11.3 Å². The van der Waals surface area contributed by atoms with Gasteiger partial charge in [0.05, 0.1) is 10.7 Å². The summed E-state index contributed by atoms with van der Waals surface area (Å²) in [7, 11) is 0. The van der Waals surface area contributed by atoms with Crippen LogP contribution in [0.15, 0.2) is 51.4 Å². The summed E-state index contributed by atoms with van der Waals surface area (Å²) in [6.45, 7) is 1.86. The molecule has 0 unspecified atom stereocenters. The number of anilines is 2. The van der Waals surface area contributed by atoms with E-state index in [2.05, 4.69) is 21.2 Å². The molecule has 25 heavy (non-hydrogen) atoms. The van der Waals surface area contributed by atoms with E-state index in [4.69, 9.17) is 33.4 Å². The number of nitrogens with two attached hydrogens (primary N) is 1. The van der Waals surface area contributed by atoms with Gasteiger partial charge in [0.25, 0.3) is 5.91 Å². The zero-order chi connectivity index (χ0) is 18.1. The maximum Gasteiger partial charge on any atom is 0.291 e. The van der Waals surface area contributed by atoms with Crippen molar-refractivity contribution in [2.24, 2.45) is 0 Å². The Morgan fingerprint density at radius 3 is 2.60 bits per heavy atom. The molecule has 0 radical (unpaired) electrons. The molecule has 2 aromatic carbocycles. The average Bonchev–Trinajstić information content (AvgIpc) is 3.00. The van der Waals surface area contributed by atoms with Gasteiger partial charge in [0.2, 0.25) is 0 Å². The van der Waals surface area contributed by atoms with Crippen LogP contribution in [0.25, 0.3) is 11.3 Å². The van der Waals surface area contributed by atoms with Crippen LogP contribution in [0.1, 0.15) is 16.1 Å². The smallest absolute Gasteiger partial charge is 0.291 e. The highest BCUT2D eigenvalue weighted by Crippen LogP contribution is 2.33. The van der Waals surface area contributed by atoms with Gasteiger partial charge in [0, 0.05) is 20.7 Å². The lowest BCUT2D eigenvalue weighted by Gasteiger charge is -2.10. The Morgan fingerprint density at radius 1 is 1.16 bits per heavy atom. The van der Waals surface area contributed by atoms with Gasteiger partial charge in [-0.3, -0.25) is 4.79 Å². The topological polar surface area (TPSA) is 68.3 Å². The first-order valence-electron chi connectivity index (χ1n) is 7.27. The Labute approximate surface area is 163 Å². The van der Waals surface area contributed by atoms with Crippen molar-refractivity contribution in [2.75, 3.05) is 11.1 Å². The second kappa shape index (κ2) is 7.12. The number of nitrogens with one attached hydrogen (secondary N) is 1. The van der Waals surface area contributed by atoms with Crippen LogP contribution in [0.3, 0.4) is 0 Å². The molecule has 0 bridgehead atoms. The normalized spacial score (nSPS) is 10.7. The maximum absolute atomic E-state index is 12.5. The Morgan fingerprint density at radius 2 is 1.92 bits per heavy atom. The minimum Gasteiger partial charge on any atom is -0.451 e. The number of furan rings is 1. The van der Waals surface area contributed by atoms with Gasteiger partial charge in [0.15, 0.2) is 5.76 Å². The van der Waals surface area contributed by atoms with Crippen molar-refractivity contribution in [1.82, 2.24) is 0 Å². The first kappa shape index (κ1) is 17.9. The number of halogens is 3. The van der Waals surface area contributed by atoms with E-state index in [1.54, 1.807) is 42.5 Å². The Balaban J connectivity index is 1.86. The van der Waals surface area contributed by atoms with Crippen molar-refractivity contribution < 1.29 is 9.21 Å². The molecule has 3 aromatic rings. The van der Waals surface area contributed by atoms with E-state index in [0.717, 1.165) is 5.56 Å². The Bertz CT molecular complexity index is 946. The summed E-state index contributed by atoms with van der Waals surface area (Å²) in [6.07, 6.45) is 0. The SMILES string of the molecule is Cc1cc(N)cc(Br)c1NC(=O)c1ccc(-c2ccc(Cl)cc2Cl)o1. The summed E-state index contributed by atoms with van der Waals surface area (Å²) in [5, 5.41) is 3.80. The molecule has 3 rings (SSSR count). The maximum atomic E-state index is 12.5. The van der Waals surface area contributed by atoms with Crippen LogP contribution in [0.5, 0.6) is 0 Å². The van der Waals surface area contributed by atoms with Gasteiger partial charge < -0.3 is 15.5 Å². The number of benzene rings is 2. The summed E-state index contributed by atoms with van der Waals surface area (Å²) in [5.74, 6) is 0.286. The monoisotopic (exact) mass is 438 g/mol. The molecule has 3 N–H and O–H groups in total. The van der Waals surface area contributed by atoms with Gasteiger partial charge >= 0.3 is 0 Å². The minimum atomic E-state index is -0.370. The molecule has 0 aliphatic heterocycles. The van der Waals surface area contributed by atoms with E-state index >= 15 is 0 Å². The molecule has 1 aromatic heterocycles. The number of aryl methyl sites for hydroxylation is 1. The molecule has 0 saturated carbocycles. The van der Waals surface area contributed by atoms with Gasteiger partial charge in [-0.2, -0.15) is 0 Å². The van der Waals surface area contributed by atoms with Gasteiger partial charge in [0.1, 0.15) is 5.76 Å². The average molecular weight is 440 g/mol. The third-order valence-electron chi connectivity index (χ3n) is 3.57. The molecule has 4 nitrogen and oxygen atoms in total. The fourth-order valence-corrected chi connectivity index (χ4v) is 3.58. The summed E-state index contributed by atoms with van der Waals surface area (Å²) in [5.41, 5.74) is 8.53. The highest BCUT2D eigenvalue weighted by molar-refractivity contribution is 9.10. The summed E-state index contributed by atoms with van der Waals surface area (Å²) in [4.78, 5) is 12.5. The van der Waals surface area contributed by atoms with Gasteiger partial charge in [-0.1, -0.05) is 23.2 Å². The van der Waals surface area contributed by atoms with E-state index in [0.29, 0.717) is 37.2 Å². The van der Waals surface area contributed by atoms with Crippen LogP contribution in [0.4, 0.5) is 11.4 Å². The predicted molar refractivity (Wildman–Crippen MR) is 105 cm³/mol. The fourth-order valence-electron chi connectivity index (χ4n) is 2.40. The van der Waals surface area contributed by atoms with Gasteiger partial charge in [-0.15, -0.1) is 0 Å². The number of hydrogen-bond donors (Lipinski definition) is 2. The van der Waals surface area contributed by atoms with Crippen LogP contribution >= 0.6 is 39.1 Å². The van der Waals surface area contributed by atoms with Gasteiger partial charge in [-0.05, 0) is 70.9 Å². The largest absolute Gasteiger partial charge is 0.451 e. The van der Waals surface area contributed by atoms with Crippen LogP contribution in [0, 0.1) is 6.92 Å². The van der Waals surface area contributed by atoms with Crippen molar-refractivity contribution >= 4 is 56.4 Å². The highest BCUT2D eigenvalue weighted by Gasteiger charge is 2.16.